The van der Waals surface area contributed by atoms with Crippen LogP contribution in [0.1, 0.15) is 19.8 Å². The van der Waals surface area contributed by atoms with E-state index in [4.69, 9.17) is 9.47 Å². The standard InChI is InChI=1S/C15H22N2O4/c1-12(18)16-9-10-17-15(19)4-3-11-21-14-7-5-13(20-2)6-8-14/h5-8H,3-4,9-11H2,1-2H3,(H,16,18)(H,17,19). The lowest BCUT2D eigenvalue weighted by Gasteiger charge is -2.08. The van der Waals surface area contributed by atoms with Crippen LogP contribution in [-0.4, -0.2) is 38.6 Å². The Balaban J connectivity index is 2.07. The summed E-state index contributed by atoms with van der Waals surface area (Å²) >= 11 is 0. The molecule has 6 heteroatoms. The van der Waals surface area contributed by atoms with E-state index < -0.39 is 0 Å². The molecule has 0 unspecified atom stereocenters. The van der Waals surface area contributed by atoms with Crippen molar-refractivity contribution in [3.8, 4) is 11.5 Å². The van der Waals surface area contributed by atoms with Gasteiger partial charge in [-0.2, -0.15) is 0 Å². The number of carbonyl (C=O) groups is 2. The molecule has 1 aromatic carbocycles. The van der Waals surface area contributed by atoms with Crippen molar-refractivity contribution in [3.05, 3.63) is 24.3 Å². The van der Waals surface area contributed by atoms with Gasteiger partial charge >= 0.3 is 0 Å². The average Bonchev–Trinajstić information content (AvgIpc) is 2.48. The number of benzene rings is 1. The highest BCUT2D eigenvalue weighted by Gasteiger charge is 2.01. The molecule has 0 heterocycles. The fraction of sp³-hybridized carbons (Fsp3) is 0.467. The summed E-state index contributed by atoms with van der Waals surface area (Å²) in [5.74, 6) is 1.39. The molecule has 0 saturated heterocycles. The van der Waals surface area contributed by atoms with E-state index in [-0.39, 0.29) is 11.8 Å². The highest BCUT2D eigenvalue weighted by atomic mass is 16.5. The first kappa shape index (κ1) is 16.8. The summed E-state index contributed by atoms with van der Waals surface area (Å²) in [7, 11) is 1.61. The van der Waals surface area contributed by atoms with Crippen LogP contribution in [0.15, 0.2) is 24.3 Å². The lowest BCUT2D eigenvalue weighted by atomic mass is 10.3. The van der Waals surface area contributed by atoms with Gasteiger partial charge < -0.3 is 20.1 Å². The monoisotopic (exact) mass is 294 g/mol. The van der Waals surface area contributed by atoms with Crippen LogP contribution >= 0.6 is 0 Å². The minimum atomic E-state index is -0.0999. The highest BCUT2D eigenvalue weighted by molar-refractivity contribution is 5.76. The van der Waals surface area contributed by atoms with Crippen LogP contribution in [0, 0.1) is 0 Å². The smallest absolute Gasteiger partial charge is 0.220 e. The number of rotatable bonds is 9. The number of amides is 2. The van der Waals surface area contributed by atoms with Crippen molar-refractivity contribution in [3.63, 3.8) is 0 Å². The Kier molecular flexibility index (Phi) is 7.71. The lowest BCUT2D eigenvalue weighted by Crippen LogP contribution is -2.33. The van der Waals surface area contributed by atoms with Crippen molar-refractivity contribution < 1.29 is 19.1 Å². The van der Waals surface area contributed by atoms with Crippen molar-refractivity contribution in [1.29, 1.82) is 0 Å². The quantitative estimate of drug-likeness (QED) is 0.669. The first-order valence-corrected chi connectivity index (χ1v) is 6.90. The van der Waals surface area contributed by atoms with Gasteiger partial charge in [0.25, 0.3) is 0 Å². The van der Waals surface area contributed by atoms with Gasteiger partial charge in [0.15, 0.2) is 0 Å². The van der Waals surface area contributed by atoms with Gasteiger partial charge in [-0.15, -0.1) is 0 Å². The van der Waals surface area contributed by atoms with E-state index in [2.05, 4.69) is 10.6 Å². The first-order chi connectivity index (χ1) is 10.1. The van der Waals surface area contributed by atoms with Gasteiger partial charge in [-0.1, -0.05) is 0 Å². The van der Waals surface area contributed by atoms with Crippen molar-refractivity contribution in [2.24, 2.45) is 0 Å². The Hall–Kier alpha value is -2.24. The maximum atomic E-state index is 11.5. The summed E-state index contributed by atoms with van der Waals surface area (Å²) < 4.78 is 10.6. The molecule has 116 valence electrons. The van der Waals surface area contributed by atoms with Crippen molar-refractivity contribution in [2.75, 3.05) is 26.8 Å². The van der Waals surface area contributed by atoms with Crippen LogP contribution in [0.3, 0.4) is 0 Å². The van der Waals surface area contributed by atoms with Gasteiger partial charge in [-0.3, -0.25) is 9.59 Å². The minimum Gasteiger partial charge on any atom is -0.497 e. The Morgan fingerprint density at radius 2 is 1.67 bits per heavy atom. The third-order valence-electron chi connectivity index (χ3n) is 2.70. The maximum Gasteiger partial charge on any atom is 0.220 e. The Labute approximate surface area is 124 Å². The fourth-order valence-corrected chi connectivity index (χ4v) is 1.62. The van der Waals surface area contributed by atoms with E-state index in [1.807, 2.05) is 24.3 Å². The molecule has 0 aromatic heterocycles. The molecule has 0 aliphatic rings. The predicted molar refractivity (Wildman–Crippen MR) is 79.4 cm³/mol. The number of ether oxygens (including phenoxy) is 2. The molecular formula is C15H22N2O4. The summed E-state index contributed by atoms with van der Waals surface area (Å²) in [5, 5.41) is 5.34. The van der Waals surface area contributed by atoms with E-state index in [9.17, 15) is 9.59 Å². The average molecular weight is 294 g/mol. The van der Waals surface area contributed by atoms with Gasteiger partial charge in [0.05, 0.1) is 13.7 Å². The molecule has 2 amide bonds. The van der Waals surface area contributed by atoms with Gasteiger partial charge in [0.1, 0.15) is 11.5 Å². The zero-order valence-electron chi connectivity index (χ0n) is 12.5. The normalized spacial score (nSPS) is 9.81. The van der Waals surface area contributed by atoms with Crippen LogP contribution in [0.5, 0.6) is 11.5 Å². The van der Waals surface area contributed by atoms with E-state index >= 15 is 0 Å². The summed E-state index contributed by atoms with van der Waals surface area (Å²) in [4.78, 5) is 22.1. The molecule has 0 bridgehead atoms. The Bertz CT molecular complexity index is 445. The Morgan fingerprint density at radius 3 is 2.29 bits per heavy atom. The number of nitrogens with one attached hydrogen (secondary N) is 2. The molecule has 1 aromatic rings. The Morgan fingerprint density at radius 1 is 1.05 bits per heavy atom. The molecule has 0 atom stereocenters. The summed E-state index contributed by atoms with van der Waals surface area (Å²) in [6.07, 6.45) is 1.04. The minimum absolute atomic E-state index is 0.0429. The van der Waals surface area contributed by atoms with Crippen molar-refractivity contribution in [2.45, 2.75) is 19.8 Å². The second-order valence-corrected chi connectivity index (χ2v) is 4.46. The van der Waals surface area contributed by atoms with Crippen LogP contribution in [0.4, 0.5) is 0 Å². The van der Waals surface area contributed by atoms with Crippen LogP contribution in [0.25, 0.3) is 0 Å². The van der Waals surface area contributed by atoms with Gasteiger partial charge in [0, 0.05) is 26.4 Å². The highest BCUT2D eigenvalue weighted by Crippen LogP contribution is 2.17. The van der Waals surface area contributed by atoms with Crippen molar-refractivity contribution in [1.82, 2.24) is 10.6 Å². The molecule has 6 nitrogen and oxygen atoms in total. The zero-order valence-corrected chi connectivity index (χ0v) is 12.5. The molecule has 2 N–H and O–H groups in total. The topological polar surface area (TPSA) is 76.7 Å². The molecule has 0 spiro atoms. The maximum absolute atomic E-state index is 11.5. The molecule has 1 rings (SSSR count). The van der Waals surface area contributed by atoms with E-state index in [0.717, 1.165) is 11.5 Å². The second kappa shape index (κ2) is 9.63. The van der Waals surface area contributed by atoms with Gasteiger partial charge in [-0.05, 0) is 30.7 Å². The second-order valence-electron chi connectivity index (χ2n) is 4.46. The number of hydrogen-bond donors (Lipinski definition) is 2. The van der Waals surface area contributed by atoms with Crippen molar-refractivity contribution >= 4 is 11.8 Å². The lowest BCUT2D eigenvalue weighted by molar-refractivity contribution is -0.122. The summed E-state index contributed by atoms with van der Waals surface area (Å²) in [6.45, 7) is 2.81. The first-order valence-electron chi connectivity index (χ1n) is 6.90. The van der Waals surface area contributed by atoms with Crippen LogP contribution in [0.2, 0.25) is 0 Å². The van der Waals surface area contributed by atoms with E-state index in [1.54, 1.807) is 7.11 Å². The molecular weight excluding hydrogens is 272 g/mol. The number of hydrogen-bond acceptors (Lipinski definition) is 4. The fourth-order valence-electron chi connectivity index (χ4n) is 1.62. The van der Waals surface area contributed by atoms with Gasteiger partial charge in [-0.25, -0.2) is 0 Å². The van der Waals surface area contributed by atoms with Gasteiger partial charge in [0.2, 0.25) is 11.8 Å². The third-order valence-corrected chi connectivity index (χ3v) is 2.70. The molecule has 0 aliphatic heterocycles. The number of carbonyl (C=O) groups excluding carboxylic acids is 2. The third kappa shape index (κ3) is 7.81. The molecule has 0 saturated carbocycles. The van der Waals surface area contributed by atoms with E-state index in [0.29, 0.717) is 32.5 Å². The largest absolute Gasteiger partial charge is 0.497 e. The van der Waals surface area contributed by atoms with Crippen LogP contribution < -0.4 is 20.1 Å². The predicted octanol–water partition coefficient (Wildman–Crippen LogP) is 1.11. The zero-order chi connectivity index (χ0) is 15.5. The molecule has 0 aliphatic carbocycles. The summed E-state index contributed by atoms with van der Waals surface area (Å²) in [5.41, 5.74) is 0. The summed E-state index contributed by atoms with van der Waals surface area (Å²) in [6, 6.07) is 7.30. The molecule has 21 heavy (non-hydrogen) atoms. The molecule has 0 fully saturated rings. The van der Waals surface area contributed by atoms with E-state index in [1.165, 1.54) is 6.92 Å². The number of methoxy groups -OCH3 is 1. The molecule has 0 radical (unpaired) electrons. The van der Waals surface area contributed by atoms with Crippen LogP contribution in [-0.2, 0) is 9.59 Å². The SMILES string of the molecule is COc1ccc(OCCCC(=O)NCCNC(C)=O)cc1.